The van der Waals surface area contributed by atoms with E-state index in [1.54, 1.807) is 23.8 Å². The minimum Gasteiger partial charge on any atom is -0.370 e. The zero-order chi connectivity index (χ0) is 14.4. The van der Waals surface area contributed by atoms with Crippen LogP contribution in [0.2, 0.25) is 0 Å². The predicted octanol–water partition coefficient (Wildman–Crippen LogP) is 1.84. The minimum atomic E-state index is -3.54. The van der Waals surface area contributed by atoms with Crippen molar-refractivity contribution in [2.45, 2.75) is 24.8 Å². The third-order valence-electron chi connectivity index (χ3n) is 2.52. The number of thiazole rings is 1. The lowest BCUT2D eigenvalue weighted by Crippen LogP contribution is -2.23. The standard InChI is InChI=1S/C12H16N4O2S2/c1-2-5-14-12-4-3-11(8-15-12)20(17,18)16-7-10-6-13-9-19-10/h3-4,6,8-9,16H,2,5,7H2,1H3,(H,14,15). The molecular weight excluding hydrogens is 296 g/mol. The highest BCUT2D eigenvalue weighted by atomic mass is 32.2. The summed E-state index contributed by atoms with van der Waals surface area (Å²) in [4.78, 5) is 9.01. The lowest BCUT2D eigenvalue weighted by molar-refractivity contribution is 0.581. The van der Waals surface area contributed by atoms with Crippen molar-refractivity contribution < 1.29 is 8.42 Å². The first kappa shape index (κ1) is 14.9. The van der Waals surface area contributed by atoms with Gasteiger partial charge in [0.1, 0.15) is 10.7 Å². The van der Waals surface area contributed by atoms with E-state index < -0.39 is 10.0 Å². The molecule has 0 saturated heterocycles. The van der Waals surface area contributed by atoms with Gasteiger partial charge in [0.05, 0.1) is 5.51 Å². The van der Waals surface area contributed by atoms with Crippen LogP contribution in [0.25, 0.3) is 0 Å². The Bertz CT molecular complexity index is 624. The molecule has 0 saturated carbocycles. The van der Waals surface area contributed by atoms with E-state index in [-0.39, 0.29) is 11.4 Å². The van der Waals surface area contributed by atoms with Gasteiger partial charge < -0.3 is 5.32 Å². The monoisotopic (exact) mass is 312 g/mol. The molecular formula is C12H16N4O2S2. The van der Waals surface area contributed by atoms with Gasteiger partial charge in [-0.3, -0.25) is 4.98 Å². The van der Waals surface area contributed by atoms with Gasteiger partial charge in [0.15, 0.2) is 0 Å². The van der Waals surface area contributed by atoms with Crippen molar-refractivity contribution in [1.29, 1.82) is 0 Å². The molecule has 20 heavy (non-hydrogen) atoms. The molecule has 108 valence electrons. The summed E-state index contributed by atoms with van der Waals surface area (Å²) in [6.45, 7) is 3.10. The van der Waals surface area contributed by atoms with Crippen LogP contribution in [0.4, 0.5) is 5.82 Å². The van der Waals surface area contributed by atoms with Crippen molar-refractivity contribution in [2.75, 3.05) is 11.9 Å². The lowest BCUT2D eigenvalue weighted by Gasteiger charge is -2.07. The molecule has 0 atom stereocenters. The average molecular weight is 312 g/mol. The maximum atomic E-state index is 12.1. The topological polar surface area (TPSA) is 84.0 Å². The number of nitrogens with zero attached hydrogens (tertiary/aromatic N) is 2. The van der Waals surface area contributed by atoms with Gasteiger partial charge in [-0.15, -0.1) is 11.3 Å². The van der Waals surface area contributed by atoms with E-state index in [0.717, 1.165) is 17.8 Å². The lowest BCUT2D eigenvalue weighted by atomic mass is 10.4. The van der Waals surface area contributed by atoms with Gasteiger partial charge >= 0.3 is 0 Å². The number of hydrogen-bond acceptors (Lipinski definition) is 6. The summed E-state index contributed by atoms with van der Waals surface area (Å²) in [6, 6.07) is 3.21. The number of nitrogens with one attached hydrogen (secondary N) is 2. The van der Waals surface area contributed by atoms with E-state index in [4.69, 9.17) is 0 Å². The second-order valence-electron chi connectivity index (χ2n) is 4.10. The van der Waals surface area contributed by atoms with Gasteiger partial charge in [0, 0.05) is 30.4 Å². The summed E-state index contributed by atoms with van der Waals surface area (Å²) in [6.07, 6.45) is 3.98. The number of rotatable bonds is 7. The summed E-state index contributed by atoms with van der Waals surface area (Å²) >= 11 is 1.41. The van der Waals surface area contributed by atoms with Crippen LogP contribution < -0.4 is 10.0 Å². The second-order valence-corrected chi connectivity index (χ2v) is 6.84. The van der Waals surface area contributed by atoms with Crippen LogP contribution in [0.3, 0.4) is 0 Å². The second kappa shape index (κ2) is 6.78. The fraction of sp³-hybridized carbons (Fsp3) is 0.333. The molecule has 0 unspecified atom stereocenters. The van der Waals surface area contributed by atoms with E-state index in [1.807, 2.05) is 0 Å². The number of hydrogen-bond donors (Lipinski definition) is 2. The number of aromatic nitrogens is 2. The average Bonchev–Trinajstić information content (AvgIpc) is 2.97. The normalized spacial score (nSPS) is 11.4. The highest BCUT2D eigenvalue weighted by Gasteiger charge is 2.14. The van der Waals surface area contributed by atoms with Gasteiger partial charge in [-0.25, -0.2) is 18.1 Å². The molecule has 0 aliphatic carbocycles. The third-order valence-corrected chi connectivity index (χ3v) is 4.69. The van der Waals surface area contributed by atoms with Crippen LogP contribution in [-0.4, -0.2) is 24.9 Å². The fourth-order valence-corrected chi connectivity index (χ4v) is 3.05. The third kappa shape index (κ3) is 3.99. The molecule has 2 aromatic rings. The van der Waals surface area contributed by atoms with Crippen molar-refractivity contribution in [2.24, 2.45) is 0 Å². The Balaban J connectivity index is 2.01. The quantitative estimate of drug-likeness (QED) is 0.815. The Morgan fingerprint density at radius 2 is 2.15 bits per heavy atom. The Morgan fingerprint density at radius 1 is 1.30 bits per heavy atom. The maximum Gasteiger partial charge on any atom is 0.242 e. The van der Waals surface area contributed by atoms with Crippen molar-refractivity contribution in [3.63, 3.8) is 0 Å². The first-order valence-corrected chi connectivity index (χ1v) is 8.55. The molecule has 2 aromatic heterocycles. The van der Waals surface area contributed by atoms with Crippen LogP contribution in [0, 0.1) is 0 Å². The van der Waals surface area contributed by atoms with E-state index in [9.17, 15) is 8.42 Å². The molecule has 0 radical (unpaired) electrons. The molecule has 0 aromatic carbocycles. The molecule has 2 rings (SSSR count). The zero-order valence-electron chi connectivity index (χ0n) is 11.0. The van der Waals surface area contributed by atoms with Crippen LogP contribution in [0.1, 0.15) is 18.2 Å². The number of sulfonamides is 1. The summed E-state index contributed by atoms with van der Waals surface area (Å²) < 4.78 is 26.7. The predicted molar refractivity (Wildman–Crippen MR) is 79.2 cm³/mol. The van der Waals surface area contributed by atoms with Gasteiger partial charge in [-0.05, 0) is 18.6 Å². The first-order valence-electron chi connectivity index (χ1n) is 6.19. The van der Waals surface area contributed by atoms with E-state index in [2.05, 4.69) is 26.9 Å². The summed E-state index contributed by atoms with van der Waals surface area (Å²) in [7, 11) is -3.54. The molecule has 0 aliphatic rings. The van der Waals surface area contributed by atoms with Crippen LogP contribution in [-0.2, 0) is 16.6 Å². The Morgan fingerprint density at radius 3 is 2.75 bits per heavy atom. The van der Waals surface area contributed by atoms with Gasteiger partial charge in [0.25, 0.3) is 0 Å². The first-order chi connectivity index (χ1) is 9.62. The van der Waals surface area contributed by atoms with E-state index >= 15 is 0 Å². The zero-order valence-corrected chi connectivity index (χ0v) is 12.7. The summed E-state index contributed by atoms with van der Waals surface area (Å²) in [5.74, 6) is 0.674. The Hall–Kier alpha value is -1.51. The molecule has 0 aliphatic heterocycles. The molecule has 0 amide bonds. The Kier molecular flexibility index (Phi) is 5.05. The SMILES string of the molecule is CCCNc1ccc(S(=O)(=O)NCc2cncs2)cn1. The smallest absolute Gasteiger partial charge is 0.242 e. The maximum absolute atomic E-state index is 12.1. The van der Waals surface area contributed by atoms with Crippen LogP contribution >= 0.6 is 11.3 Å². The highest BCUT2D eigenvalue weighted by Crippen LogP contribution is 2.12. The molecule has 2 heterocycles. The van der Waals surface area contributed by atoms with Crippen molar-refractivity contribution >= 4 is 27.2 Å². The molecule has 2 N–H and O–H groups in total. The molecule has 6 nitrogen and oxygen atoms in total. The van der Waals surface area contributed by atoms with Crippen molar-refractivity contribution in [3.05, 3.63) is 34.9 Å². The van der Waals surface area contributed by atoms with Gasteiger partial charge in [-0.1, -0.05) is 6.92 Å². The molecule has 8 heteroatoms. The number of anilines is 1. The largest absolute Gasteiger partial charge is 0.370 e. The molecule has 0 bridgehead atoms. The molecule has 0 spiro atoms. The summed E-state index contributed by atoms with van der Waals surface area (Å²) in [5.41, 5.74) is 1.67. The number of pyridine rings is 1. The fourth-order valence-electron chi connectivity index (χ4n) is 1.48. The Labute approximate surface area is 122 Å². The van der Waals surface area contributed by atoms with Gasteiger partial charge in [-0.2, -0.15) is 0 Å². The van der Waals surface area contributed by atoms with E-state index in [0.29, 0.717) is 5.82 Å². The van der Waals surface area contributed by atoms with Crippen molar-refractivity contribution in [1.82, 2.24) is 14.7 Å². The highest BCUT2D eigenvalue weighted by molar-refractivity contribution is 7.89. The van der Waals surface area contributed by atoms with Crippen molar-refractivity contribution in [3.8, 4) is 0 Å². The minimum absolute atomic E-state index is 0.157. The van der Waals surface area contributed by atoms with Crippen LogP contribution in [0.5, 0.6) is 0 Å². The summed E-state index contributed by atoms with van der Waals surface area (Å²) in [5, 5.41) is 3.09. The molecule has 0 fully saturated rings. The van der Waals surface area contributed by atoms with E-state index in [1.165, 1.54) is 17.5 Å². The van der Waals surface area contributed by atoms with Gasteiger partial charge in [0.2, 0.25) is 10.0 Å². The van der Waals surface area contributed by atoms with Crippen LogP contribution in [0.15, 0.2) is 34.9 Å².